The fourth-order valence-electron chi connectivity index (χ4n) is 5.88. The largest absolute Gasteiger partial charge is 0.506 e. The van der Waals surface area contributed by atoms with E-state index in [4.69, 9.17) is 17.0 Å². The molecule has 330 valence electrons. The van der Waals surface area contributed by atoms with Gasteiger partial charge in [0, 0.05) is 37.8 Å². The van der Waals surface area contributed by atoms with Crippen molar-refractivity contribution in [1.29, 1.82) is 0 Å². The summed E-state index contributed by atoms with van der Waals surface area (Å²) in [6, 6.07) is 11.5. The number of thiocarbonyl (C=S) groups is 1. The van der Waals surface area contributed by atoms with Crippen molar-refractivity contribution in [2.24, 2.45) is 0 Å². The summed E-state index contributed by atoms with van der Waals surface area (Å²) in [4.78, 5) is 73.9. The summed E-state index contributed by atoms with van der Waals surface area (Å²) < 4.78 is 8.83. The first-order valence-corrected chi connectivity index (χ1v) is 22.3. The molecule has 0 aromatic heterocycles. The maximum absolute atomic E-state index is 12.3. The van der Waals surface area contributed by atoms with Crippen LogP contribution in [-0.2, 0) is 41.6 Å². The number of aromatic hydroxyl groups is 1. The third-order valence-electron chi connectivity index (χ3n) is 8.47. The minimum absolute atomic E-state index is 0.00264. The molecule has 0 bridgehead atoms. The summed E-state index contributed by atoms with van der Waals surface area (Å²) in [6.07, 6.45) is 0.0850. The fraction of sp³-hybridized carbons (Fsp3) is 0.324. The Morgan fingerprint density at radius 1 is 0.639 bits per heavy atom. The van der Waals surface area contributed by atoms with Crippen LogP contribution in [0.4, 0.5) is 5.69 Å². The van der Waals surface area contributed by atoms with Crippen molar-refractivity contribution in [3.05, 3.63) is 73.9 Å². The van der Waals surface area contributed by atoms with E-state index in [1.54, 1.807) is 48.5 Å². The van der Waals surface area contributed by atoms with Gasteiger partial charge < -0.3 is 51.1 Å². The summed E-state index contributed by atoms with van der Waals surface area (Å²) in [5.41, 5.74) is 1.72. The molecular formula is C37H39I4N5O14S. The Morgan fingerprint density at radius 3 is 1.59 bits per heavy atom. The Morgan fingerprint density at radius 2 is 1.11 bits per heavy atom. The standard InChI is InChI=1S/C37H39I4N5O14S/c38-24-11-23(12-25(39)34(24)57)60-35-26(40)8-20(9-27(35)41)10-28(36(58)59)43-37(61)42-21-3-1-19(2-4-21)7-22(46(17-32(53)54)18-33(55)56)13-44(14-29(47)48)5-6-45(15-30(49)50)16-31(51)52/h1-4,8-9,11-12,22,28,57H,5-7,10,13-18H2,(H,47,48)(H,49,50)(H,51,52)(H,53,54)(H,55,56)(H,58,59)(H2,42,43,61)/t22?,28-/m0/s1. The Balaban J connectivity index is 1.76. The normalized spacial score (nSPS) is 12.2. The van der Waals surface area contributed by atoms with Crippen LogP contribution in [0.5, 0.6) is 17.2 Å². The van der Waals surface area contributed by atoms with Crippen molar-refractivity contribution in [3.8, 4) is 17.2 Å². The van der Waals surface area contributed by atoms with Gasteiger partial charge in [-0.1, -0.05) is 12.1 Å². The summed E-state index contributed by atoms with van der Waals surface area (Å²) >= 11 is 13.7. The number of rotatable bonds is 25. The number of phenolic OH excluding ortho intramolecular Hbond substituents is 1. The Kier molecular flexibility index (Phi) is 21.3. The second kappa shape index (κ2) is 25.0. The number of hydrogen-bond acceptors (Lipinski definition) is 12. The molecule has 0 fully saturated rings. The molecule has 2 atom stereocenters. The number of halogens is 4. The van der Waals surface area contributed by atoms with Crippen LogP contribution in [0.25, 0.3) is 0 Å². The van der Waals surface area contributed by atoms with E-state index in [-0.39, 0.29) is 43.3 Å². The van der Waals surface area contributed by atoms with Crippen molar-refractivity contribution in [2.75, 3.05) is 57.7 Å². The van der Waals surface area contributed by atoms with Crippen molar-refractivity contribution in [2.45, 2.75) is 24.9 Å². The van der Waals surface area contributed by atoms with E-state index in [2.05, 4.69) is 55.8 Å². The van der Waals surface area contributed by atoms with Gasteiger partial charge in [0.1, 0.15) is 17.5 Å². The lowest BCUT2D eigenvalue weighted by Crippen LogP contribution is -2.51. The fourth-order valence-corrected chi connectivity index (χ4v) is 9.97. The van der Waals surface area contributed by atoms with Gasteiger partial charge in [0.15, 0.2) is 10.9 Å². The highest BCUT2D eigenvalue weighted by Gasteiger charge is 2.28. The van der Waals surface area contributed by atoms with Crippen LogP contribution in [0.2, 0.25) is 0 Å². The average Bonchev–Trinajstić information content (AvgIpc) is 3.13. The molecule has 0 saturated heterocycles. The third kappa shape index (κ3) is 18.4. The maximum atomic E-state index is 12.3. The zero-order chi connectivity index (χ0) is 45.6. The maximum Gasteiger partial charge on any atom is 0.326 e. The first kappa shape index (κ1) is 51.9. The van der Waals surface area contributed by atoms with E-state index in [1.807, 2.05) is 45.2 Å². The highest BCUT2D eigenvalue weighted by atomic mass is 127. The molecule has 0 aliphatic heterocycles. The molecule has 3 rings (SSSR count). The highest BCUT2D eigenvalue weighted by Crippen LogP contribution is 2.37. The second-order valence-electron chi connectivity index (χ2n) is 13.3. The van der Waals surface area contributed by atoms with Crippen LogP contribution in [0.3, 0.4) is 0 Å². The predicted molar refractivity (Wildman–Crippen MR) is 257 cm³/mol. The molecule has 24 heteroatoms. The molecular weight excluding hydrogens is 1280 g/mol. The highest BCUT2D eigenvalue weighted by molar-refractivity contribution is 14.1. The van der Waals surface area contributed by atoms with Crippen molar-refractivity contribution >= 4 is 149 Å². The number of carboxylic acid groups (broad SMARTS) is 6. The summed E-state index contributed by atoms with van der Waals surface area (Å²) in [7, 11) is 0. The summed E-state index contributed by atoms with van der Waals surface area (Å²) in [6.45, 7) is -3.78. The van der Waals surface area contributed by atoms with Gasteiger partial charge in [0.2, 0.25) is 0 Å². The zero-order valence-corrected chi connectivity index (χ0v) is 41.0. The molecule has 61 heavy (non-hydrogen) atoms. The Hall–Kier alpha value is -3.43. The molecule has 9 N–H and O–H groups in total. The molecule has 1 unspecified atom stereocenters. The number of hydrogen-bond donors (Lipinski definition) is 9. The molecule has 19 nitrogen and oxygen atoms in total. The van der Waals surface area contributed by atoms with Gasteiger partial charge in [-0.05, 0) is 157 Å². The molecule has 0 aliphatic rings. The van der Waals surface area contributed by atoms with E-state index < -0.39 is 80.6 Å². The van der Waals surface area contributed by atoms with Crippen molar-refractivity contribution in [1.82, 2.24) is 20.0 Å². The lowest BCUT2D eigenvalue weighted by Gasteiger charge is -2.34. The predicted octanol–water partition coefficient (Wildman–Crippen LogP) is 3.83. The first-order valence-electron chi connectivity index (χ1n) is 17.6. The number of benzene rings is 3. The van der Waals surface area contributed by atoms with E-state index in [1.165, 1.54) is 4.90 Å². The second-order valence-corrected chi connectivity index (χ2v) is 18.4. The van der Waals surface area contributed by atoms with E-state index in [9.17, 15) is 64.5 Å². The topological polar surface area (TPSA) is 287 Å². The quantitative estimate of drug-likeness (QED) is 0.0431. The molecule has 3 aromatic rings. The molecule has 0 heterocycles. The van der Waals surface area contributed by atoms with E-state index >= 15 is 0 Å². The van der Waals surface area contributed by atoms with Gasteiger partial charge in [0.05, 0.1) is 47.0 Å². The van der Waals surface area contributed by atoms with E-state index in [0.717, 1.165) is 16.9 Å². The number of nitrogens with one attached hydrogen (secondary N) is 2. The number of ether oxygens (including phenoxy) is 1. The van der Waals surface area contributed by atoms with Crippen LogP contribution in [-0.4, -0.2) is 156 Å². The minimum atomic E-state index is -1.34. The van der Waals surface area contributed by atoms with Gasteiger partial charge >= 0.3 is 35.8 Å². The SMILES string of the molecule is O=C(O)CN(CCN(CC(=O)O)CC(Cc1ccc(NC(=S)N[C@@H](Cc2cc(I)c(Oc3cc(I)c(O)c(I)c3)c(I)c2)C(=O)O)cc1)N(CC(=O)O)CC(=O)O)CC(=O)O. The van der Waals surface area contributed by atoms with Gasteiger partial charge in [-0.2, -0.15) is 0 Å². The molecule has 0 amide bonds. The molecule has 0 radical (unpaired) electrons. The first-order chi connectivity index (χ1) is 28.6. The van der Waals surface area contributed by atoms with Gasteiger partial charge in [0.25, 0.3) is 0 Å². The number of nitrogens with zero attached hydrogens (tertiary/aromatic N) is 3. The molecule has 0 saturated carbocycles. The van der Waals surface area contributed by atoms with Crippen LogP contribution in [0.15, 0.2) is 48.5 Å². The van der Waals surface area contributed by atoms with Crippen LogP contribution in [0, 0.1) is 14.3 Å². The number of phenols is 1. The summed E-state index contributed by atoms with van der Waals surface area (Å²) in [5.74, 6) is -6.46. The lowest BCUT2D eigenvalue weighted by atomic mass is 10.0. The minimum Gasteiger partial charge on any atom is -0.506 e. The van der Waals surface area contributed by atoms with Gasteiger partial charge in [-0.3, -0.25) is 38.7 Å². The monoisotopic (exact) mass is 1320 g/mol. The Labute approximate surface area is 408 Å². The number of carboxylic acids is 6. The van der Waals surface area contributed by atoms with Crippen molar-refractivity contribution < 1.29 is 69.2 Å². The molecule has 0 spiro atoms. The Bertz CT molecular complexity index is 2040. The molecule has 0 aliphatic carbocycles. The number of anilines is 1. The number of aliphatic carboxylic acids is 6. The van der Waals surface area contributed by atoms with E-state index in [0.29, 0.717) is 35.5 Å². The smallest absolute Gasteiger partial charge is 0.326 e. The van der Waals surface area contributed by atoms with Crippen molar-refractivity contribution in [3.63, 3.8) is 0 Å². The molecule has 3 aromatic carbocycles. The third-order valence-corrected chi connectivity index (χ3v) is 11.9. The van der Waals surface area contributed by atoms with Crippen LogP contribution < -0.4 is 15.4 Å². The van der Waals surface area contributed by atoms with Gasteiger partial charge in [-0.15, -0.1) is 0 Å². The summed E-state index contributed by atoms with van der Waals surface area (Å²) in [5, 5.41) is 73.2. The average molecular weight is 1320 g/mol. The van der Waals surface area contributed by atoms with Crippen LogP contribution in [0.1, 0.15) is 11.1 Å². The lowest BCUT2D eigenvalue weighted by molar-refractivity contribution is -0.144. The number of carbonyl (C=O) groups is 6. The van der Waals surface area contributed by atoms with Crippen LogP contribution >= 0.6 is 103 Å². The zero-order valence-electron chi connectivity index (χ0n) is 31.6. The van der Waals surface area contributed by atoms with Gasteiger partial charge in [-0.25, -0.2) is 4.79 Å².